The summed E-state index contributed by atoms with van der Waals surface area (Å²) in [6.07, 6.45) is 2.48. The van der Waals surface area contributed by atoms with E-state index in [4.69, 9.17) is 11.6 Å². The molecule has 0 bridgehead atoms. The van der Waals surface area contributed by atoms with Crippen LogP contribution in [-0.4, -0.2) is 32.7 Å². The van der Waals surface area contributed by atoms with Crippen molar-refractivity contribution in [2.45, 2.75) is 30.7 Å². The number of halogens is 1. The normalized spacial score (nSPS) is 12.6. The molecule has 19 heavy (non-hydrogen) atoms. The first-order valence-corrected chi connectivity index (χ1v) is 7.31. The molecule has 7 heteroatoms. The lowest BCUT2D eigenvalue weighted by molar-refractivity contribution is -0.120. The summed E-state index contributed by atoms with van der Waals surface area (Å²) in [5.74, 6) is 0.0123. The highest BCUT2D eigenvalue weighted by Gasteiger charge is 2.16. The number of pyridine rings is 1. The lowest BCUT2D eigenvalue weighted by atomic mass is 10.4. The van der Waals surface area contributed by atoms with E-state index < -0.39 is 0 Å². The molecule has 2 rings (SSSR count). The van der Waals surface area contributed by atoms with E-state index in [2.05, 4.69) is 20.3 Å². The van der Waals surface area contributed by atoms with Gasteiger partial charge in [-0.25, -0.2) is 9.97 Å². The van der Waals surface area contributed by atoms with E-state index in [-0.39, 0.29) is 11.2 Å². The van der Waals surface area contributed by atoms with Gasteiger partial charge in [-0.15, -0.1) is 0 Å². The van der Waals surface area contributed by atoms with Crippen molar-refractivity contribution in [3.8, 4) is 0 Å². The van der Waals surface area contributed by atoms with E-state index in [0.717, 1.165) is 11.9 Å². The van der Waals surface area contributed by atoms with E-state index in [1.54, 1.807) is 12.3 Å². The number of nitrogens with one attached hydrogen (secondary N) is 2. The fraction of sp³-hybridized carbons (Fsp3) is 0.417. The van der Waals surface area contributed by atoms with Crippen LogP contribution in [0.1, 0.15) is 20.3 Å². The van der Waals surface area contributed by atoms with Gasteiger partial charge in [0, 0.05) is 12.7 Å². The van der Waals surface area contributed by atoms with Crippen molar-refractivity contribution in [3.05, 3.63) is 17.3 Å². The molecule has 2 heterocycles. The summed E-state index contributed by atoms with van der Waals surface area (Å²) >= 11 is 7.23. The van der Waals surface area contributed by atoms with Crippen molar-refractivity contribution in [2.75, 3.05) is 6.54 Å². The topological polar surface area (TPSA) is 70.7 Å². The number of aromatic nitrogens is 3. The van der Waals surface area contributed by atoms with Crippen LogP contribution in [0, 0.1) is 0 Å². The summed E-state index contributed by atoms with van der Waals surface area (Å²) in [5.41, 5.74) is 1.38. The van der Waals surface area contributed by atoms with Crippen LogP contribution >= 0.6 is 23.4 Å². The minimum Gasteiger partial charge on any atom is -0.355 e. The summed E-state index contributed by atoms with van der Waals surface area (Å²) in [6, 6.07) is 1.77. The Labute approximate surface area is 120 Å². The lowest BCUT2D eigenvalue weighted by Crippen LogP contribution is -2.31. The quantitative estimate of drug-likeness (QED) is 0.833. The monoisotopic (exact) mass is 298 g/mol. The van der Waals surface area contributed by atoms with Crippen molar-refractivity contribution in [1.29, 1.82) is 0 Å². The average Bonchev–Trinajstić information content (AvgIpc) is 2.77. The van der Waals surface area contributed by atoms with Crippen molar-refractivity contribution in [2.24, 2.45) is 0 Å². The molecule has 0 aliphatic heterocycles. The summed E-state index contributed by atoms with van der Waals surface area (Å²) < 4.78 is 0. The molecular formula is C12H15ClN4OS. The Bertz CT molecular complexity index is 586. The van der Waals surface area contributed by atoms with Gasteiger partial charge in [0.05, 0.1) is 15.8 Å². The molecule has 2 aromatic rings. The average molecular weight is 299 g/mol. The number of imidazole rings is 1. The third-order valence-electron chi connectivity index (χ3n) is 2.49. The van der Waals surface area contributed by atoms with Gasteiger partial charge in [-0.3, -0.25) is 4.79 Å². The van der Waals surface area contributed by atoms with Gasteiger partial charge in [0.1, 0.15) is 0 Å². The zero-order valence-electron chi connectivity index (χ0n) is 10.7. The van der Waals surface area contributed by atoms with Crippen LogP contribution in [-0.2, 0) is 4.79 Å². The van der Waals surface area contributed by atoms with Gasteiger partial charge in [-0.1, -0.05) is 30.3 Å². The predicted octanol–water partition coefficient (Wildman–Crippen LogP) is 2.62. The Kier molecular flexibility index (Phi) is 4.66. The summed E-state index contributed by atoms with van der Waals surface area (Å²) in [4.78, 5) is 23.3. The molecule has 0 radical (unpaired) electrons. The first-order valence-electron chi connectivity index (χ1n) is 6.05. The van der Waals surface area contributed by atoms with E-state index in [0.29, 0.717) is 22.4 Å². The molecule has 2 aromatic heterocycles. The molecule has 0 fully saturated rings. The number of thioether (sulfide) groups is 1. The van der Waals surface area contributed by atoms with Crippen LogP contribution in [0.25, 0.3) is 11.2 Å². The fourth-order valence-electron chi connectivity index (χ4n) is 1.52. The number of aromatic amines is 1. The molecule has 1 atom stereocenters. The zero-order valence-corrected chi connectivity index (χ0v) is 12.3. The number of amides is 1. The maximum absolute atomic E-state index is 11.8. The summed E-state index contributed by atoms with van der Waals surface area (Å²) in [7, 11) is 0. The second kappa shape index (κ2) is 6.25. The molecule has 2 N–H and O–H groups in total. The number of H-pyrrole nitrogens is 1. The van der Waals surface area contributed by atoms with Crippen LogP contribution in [0.5, 0.6) is 0 Å². The van der Waals surface area contributed by atoms with Gasteiger partial charge in [0.2, 0.25) is 5.91 Å². The van der Waals surface area contributed by atoms with Crippen molar-refractivity contribution < 1.29 is 4.79 Å². The van der Waals surface area contributed by atoms with Gasteiger partial charge < -0.3 is 10.3 Å². The number of hydrogen-bond donors (Lipinski definition) is 2. The van der Waals surface area contributed by atoms with Crippen LogP contribution in [0.2, 0.25) is 5.02 Å². The predicted molar refractivity (Wildman–Crippen MR) is 77.5 cm³/mol. The Morgan fingerprint density at radius 2 is 2.42 bits per heavy atom. The van der Waals surface area contributed by atoms with Crippen LogP contribution in [0.3, 0.4) is 0 Å². The first kappa shape index (κ1) is 14.1. The Morgan fingerprint density at radius 1 is 1.63 bits per heavy atom. The van der Waals surface area contributed by atoms with Crippen molar-refractivity contribution in [3.63, 3.8) is 0 Å². The maximum Gasteiger partial charge on any atom is 0.233 e. The molecule has 102 valence electrons. The molecule has 0 unspecified atom stereocenters. The molecular weight excluding hydrogens is 284 g/mol. The Balaban J connectivity index is 2.06. The standard InChI is InChI=1S/C12H15ClN4OS/c1-3-4-14-11(18)7(2)19-12-16-9-5-8(13)6-15-10(9)17-12/h5-7H,3-4H2,1-2H3,(H,14,18)(H,15,16,17)/t7-/m0/s1. The number of carbonyl (C=O) groups excluding carboxylic acids is 1. The van der Waals surface area contributed by atoms with E-state index in [1.165, 1.54) is 11.8 Å². The van der Waals surface area contributed by atoms with E-state index >= 15 is 0 Å². The van der Waals surface area contributed by atoms with Gasteiger partial charge in [0.25, 0.3) is 0 Å². The third-order valence-corrected chi connectivity index (χ3v) is 3.68. The second-order valence-electron chi connectivity index (χ2n) is 4.12. The molecule has 1 amide bonds. The highest BCUT2D eigenvalue weighted by Crippen LogP contribution is 2.23. The van der Waals surface area contributed by atoms with Gasteiger partial charge >= 0.3 is 0 Å². The molecule has 0 aromatic carbocycles. The molecule has 0 aliphatic carbocycles. The fourth-order valence-corrected chi connectivity index (χ4v) is 2.51. The molecule has 0 aliphatic rings. The number of rotatable bonds is 5. The smallest absolute Gasteiger partial charge is 0.233 e. The minimum absolute atomic E-state index is 0.0123. The molecule has 5 nitrogen and oxygen atoms in total. The van der Waals surface area contributed by atoms with Gasteiger partial charge in [0.15, 0.2) is 10.8 Å². The minimum atomic E-state index is -0.206. The largest absolute Gasteiger partial charge is 0.355 e. The number of hydrogen-bond acceptors (Lipinski definition) is 4. The first-order chi connectivity index (χ1) is 9.10. The summed E-state index contributed by atoms with van der Waals surface area (Å²) in [6.45, 7) is 4.57. The lowest BCUT2D eigenvalue weighted by Gasteiger charge is -2.09. The van der Waals surface area contributed by atoms with Crippen molar-refractivity contribution >= 4 is 40.4 Å². The summed E-state index contributed by atoms with van der Waals surface area (Å²) in [5, 5.41) is 3.88. The van der Waals surface area contributed by atoms with Crippen LogP contribution in [0.4, 0.5) is 0 Å². The Hall–Kier alpha value is -1.27. The SMILES string of the molecule is CCCNC(=O)[C@H](C)Sc1nc2ncc(Cl)cc2[nH]1. The number of nitrogens with zero attached hydrogens (tertiary/aromatic N) is 2. The maximum atomic E-state index is 11.8. The van der Waals surface area contributed by atoms with Gasteiger partial charge in [-0.05, 0) is 19.4 Å². The number of carbonyl (C=O) groups is 1. The molecule has 0 spiro atoms. The van der Waals surface area contributed by atoms with Crippen LogP contribution < -0.4 is 5.32 Å². The van der Waals surface area contributed by atoms with Gasteiger partial charge in [-0.2, -0.15) is 0 Å². The highest BCUT2D eigenvalue weighted by molar-refractivity contribution is 8.00. The highest BCUT2D eigenvalue weighted by atomic mass is 35.5. The zero-order chi connectivity index (χ0) is 13.8. The van der Waals surface area contributed by atoms with E-state index in [1.807, 2.05) is 13.8 Å². The third kappa shape index (κ3) is 3.61. The van der Waals surface area contributed by atoms with E-state index in [9.17, 15) is 4.79 Å². The van der Waals surface area contributed by atoms with Crippen molar-refractivity contribution in [1.82, 2.24) is 20.3 Å². The number of fused-ring (bicyclic) bond motifs is 1. The molecule has 0 saturated heterocycles. The van der Waals surface area contributed by atoms with Crippen LogP contribution in [0.15, 0.2) is 17.4 Å². The second-order valence-corrected chi connectivity index (χ2v) is 5.88. The molecule has 0 saturated carbocycles. The Morgan fingerprint density at radius 3 is 3.16 bits per heavy atom.